The quantitative estimate of drug-likeness (QED) is 0.554. The maximum atomic E-state index is 13.6. The van der Waals surface area contributed by atoms with Crippen molar-refractivity contribution >= 4 is 39.9 Å². The number of halogens is 1. The van der Waals surface area contributed by atoms with Crippen LogP contribution in [0.3, 0.4) is 0 Å². The highest BCUT2D eigenvalue weighted by atomic mass is 35.5. The van der Waals surface area contributed by atoms with Gasteiger partial charge in [0.2, 0.25) is 0 Å². The van der Waals surface area contributed by atoms with Gasteiger partial charge >= 0.3 is 0 Å². The van der Waals surface area contributed by atoms with Crippen LogP contribution in [-0.2, 0) is 0 Å². The molecule has 33 heavy (non-hydrogen) atoms. The first-order chi connectivity index (χ1) is 15.9. The van der Waals surface area contributed by atoms with E-state index in [9.17, 15) is 9.59 Å². The number of hydrogen-bond donors (Lipinski definition) is 2. The number of thiazole rings is 1. The molecular weight excluding hydrogens is 460 g/mol. The van der Waals surface area contributed by atoms with Crippen molar-refractivity contribution in [1.82, 2.24) is 15.2 Å². The second kappa shape index (κ2) is 8.68. The number of methoxy groups -OCH3 is 1. The van der Waals surface area contributed by atoms with Crippen molar-refractivity contribution in [3.05, 3.63) is 64.8 Å². The van der Waals surface area contributed by atoms with Crippen molar-refractivity contribution in [3.63, 3.8) is 0 Å². The Kier molecular flexibility index (Phi) is 5.72. The maximum Gasteiger partial charge on any atom is 0.274 e. The number of benzene rings is 2. The number of nitrogens with one attached hydrogen (secondary N) is 1. The lowest BCUT2D eigenvalue weighted by molar-refractivity contribution is 0.0691. The summed E-state index contributed by atoms with van der Waals surface area (Å²) in [6, 6.07) is 14.2. The Bertz CT molecular complexity index is 1230. The molecule has 3 unspecified atom stereocenters. The zero-order valence-electron chi connectivity index (χ0n) is 18.0. The predicted octanol–water partition coefficient (Wildman–Crippen LogP) is 3.94. The van der Waals surface area contributed by atoms with Crippen molar-refractivity contribution in [2.45, 2.75) is 12.5 Å². The lowest BCUT2D eigenvalue weighted by Gasteiger charge is -2.27. The molecule has 3 atom stereocenters. The standard InChI is InChI=1S/C24H23ClN4O3S/c1-32-17-7-3-5-14(9-17)22(30)27-11-19-18-10-15(18)12-29(19)23(31)20-21(33-24(26)28-20)13-4-2-6-16(25)8-13/h2-9,15,18-19H,10-12H2,1H3,(H2,26,28)(H,27,30). The van der Waals surface area contributed by atoms with Gasteiger partial charge in [0.05, 0.1) is 18.0 Å². The molecule has 2 heterocycles. The zero-order chi connectivity index (χ0) is 23.1. The van der Waals surface area contributed by atoms with E-state index >= 15 is 0 Å². The van der Waals surface area contributed by atoms with Crippen LogP contribution in [-0.4, -0.2) is 47.9 Å². The molecule has 3 N–H and O–H groups in total. The second-order valence-electron chi connectivity index (χ2n) is 8.37. The number of likely N-dealkylation sites (tertiary alicyclic amines) is 1. The zero-order valence-corrected chi connectivity index (χ0v) is 19.5. The molecule has 170 valence electrons. The molecule has 1 aliphatic carbocycles. The number of nitrogens with two attached hydrogens (primary N) is 1. The van der Waals surface area contributed by atoms with Gasteiger partial charge in [-0.2, -0.15) is 0 Å². The molecule has 2 aromatic carbocycles. The van der Waals surface area contributed by atoms with Gasteiger partial charge in [0.1, 0.15) is 11.4 Å². The number of anilines is 1. The van der Waals surface area contributed by atoms with Crippen LogP contribution in [0.5, 0.6) is 5.75 Å². The average molecular weight is 483 g/mol. The highest BCUT2D eigenvalue weighted by molar-refractivity contribution is 7.19. The van der Waals surface area contributed by atoms with E-state index in [2.05, 4.69) is 10.3 Å². The van der Waals surface area contributed by atoms with Crippen LogP contribution in [0, 0.1) is 11.8 Å². The lowest BCUT2D eigenvalue weighted by atomic mass is 10.1. The van der Waals surface area contributed by atoms with Gasteiger partial charge in [0, 0.05) is 23.7 Å². The van der Waals surface area contributed by atoms with Gasteiger partial charge in [0.25, 0.3) is 11.8 Å². The fourth-order valence-corrected chi connectivity index (χ4v) is 5.58. The maximum absolute atomic E-state index is 13.6. The number of nitrogen functional groups attached to an aromatic ring is 1. The fourth-order valence-electron chi connectivity index (χ4n) is 4.57. The van der Waals surface area contributed by atoms with Gasteiger partial charge in [-0.3, -0.25) is 9.59 Å². The first-order valence-corrected chi connectivity index (χ1v) is 11.9. The third-order valence-electron chi connectivity index (χ3n) is 6.30. The average Bonchev–Trinajstić information content (AvgIpc) is 3.33. The molecule has 7 nitrogen and oxygen atoms in total. The molecular formula is C24H23ClN4O3S. The SMILES string of the molecule is COc1cccc(C(=O)NCC2C3CC3CN2C(=O)c2nc(N)sc2-c2cccc(Cl)c2)c1. The summed E-state index contributed by atoms with van der Waals surface area (Å²) in [5.41, 5.74) is 7.66. The van der Waals surface area contributed by atoms with Crippen LogP contribution >= 0.6 is 22.9 Å². The molecule has 1 saturated heterocycles. The van der Waals surface area contributed by atoms with E-state index in [0.717, 1.165) is 12.0 Å². The first-order valence-electron chi connectivity index (χ1n) is 10.7. The molecule has 3 aromatic rings. The van der Waals surface area contributed by atoms with E-state index in [1.165, 1.54) is 11.3 Å². The van der Waals surface area contributed by atoms with Crippen molar-refractivity contribution in [1.29, 1.82) is 0 Å². The Morgan fingerprint density at radius 2 is 2.09 bits per heavy atom. The largest absolute Gasteiger partial charge is 0.497 e. The van der Waals surface area contributed by atoms with E-state index in [4.69, 9.17) is 22.1 Å². The lowest BCUT2D eigenvalue weighted by Crippen LogP contribution is -2.45. The van der Waals surface area contributed by atoms with E-state index in [-0.39, 0.29) is 17.9 Å². The van der Waals surface area contributed by atoms with Crippen LogP contribution in [0.4, 0.5) is 5.13 Å². The minimum absolute atomic E-state index is 0.0767. The molecule has 0 bridgehead atoms. The monoisotopic (exact) mass is 482 g/mol. The van der Waals surface area contributed by atoms with Gasteiger partial charge in [-0.15, -0.1) is 0 Å². The molecule has 5 rings (SSSR count). The summed E-state index contributed by atoms with van der Waals surface area (Å²) in [5, 5.41) is 3.91. The Balaban J connectivity index is 1.34. The molecule has 0 spiro atoms. The van der Waals surface area contributed by atoms with E-state index in [1.807, 2.05) is 17.0 Å². The topological polar surface area (TPSA) is 97.5 Å². The minimum atomic E-state index is -0.192. The summed E-state index contributed by atoms with van der Waals surface area (Å²) < 4.78 is 5.20. The normalized spacial score (nSPS) is 20.9. The minimum Gasteiger partial charge on any atom is -0.497 e. The molecule has 2 fully saturated rings. The number of ether oxygens (including phenoxy) is 1. The summed E-state index contributed by atoms with van der Waals surface area (Å²) >= 11 is 7.43. The van der Waals surface area contributed by atoms with Crippen LogP contribution < -0.4 is 15.8 Å². The third kappa shape index (κ3) is 4.28. The Hall–Kier alpha value is -3.10. The van der Waals surface area contributed by atoms with E-state index in [0.29, 0.717) is 57.0 Å². The second-order valence-corrected chi connectivity index (χ2v) is 9.83. The number of amides is 2. The van der Waals surface area contributed by atoms with Gasteiger partial charge < -0.3 is 20.7 Å². The van der Waals surface area contributed by atoms with Crippen LogP contribution in [0.1, 0.15) is 27.3 Å². The fraction of sp³-hybridized carbons (Fsp3) is 0.292. The van der Waals surface area contributed by atoms with Gasteiger partial charge in [-0.25, -0.2) is 4.98 Å². The molecule has 1 saturated carbocycles. The number of carbonyl (C=O) groups is 2. The van der Waals surface area contributed by atoms with Crippen LogP contribution in [0.25, 0.3) is 10.4 Å². The molecule has 1 aliphatic heterocycles. The van der Waals surface area contributed by atoms with Gasteiger partial charge in [-0.1, -0.05) is 41.1 Å². The predicted molar refractivity (Wildman–Crippen MR) is 129 cm³/mol. The van der Waals surface area contributed by atoms with Gasteiger partial charge in [0.15, 0.2) is 5.13 Å². The Labute approximate surface area is 200 Å². The molecule has 1 aromatic heterocycles. The highest BCUT2D eigenvalue weighted by Crippen LogP contribution is 2.50. The first kappa shape index (κ1) is 21.7. The number of hydrogen-bond acceptors (Lipinski definition) is 6. The summed E-state index contributed by atoms with van der Waals surface area (Å²) in [6.45, 7) is 1.05. The number of nitrogens with zero attached hydrogens (tertiary/aromatic N) is 2. The Morgan fingerprint density at radius 3 is 2.88 bits per heavy atom. The van der Waals surface area contributed by atoms with Crippen molar-refractivity contribution < 1.29 is 14.3 Å². The summed E-state index contributed by atoms with van der Waals surface area (Å²) in [7, 11) is 1.56. The van der Waals surface area contributed by atoms with Crippen molar-refractivity contribution in [3.8, 4) is 16.2 Å². The third-order valence-corrected chi connectivity index (χ3v) is 7.47. The summed E-state index contributed by atoms with van der Waals surface area (Å²) in [5.74, 6) is 1.13. The number of aromatic nitrogens is 1. The summed E-state index contributed by atoms with van der Waals surface area (Å²) in [4.78, 5) is 33.2. The van der Waals surface area contributed by atoms with Crippen LogP contribution in [0.2, 0.25) is 5.02 Å². The summed E-state index contributed by atoms with van der Waals surface area (Å²) in [6.07, 6.45) is 1.07. The number of carbonyl (C=O) groups excluding carboxylic acids is 2. The number of rotatable bonds is 6. The van der Waals surface area contributed by atoms with E-state index < -0.39 is 0 Å². The Morgan fingerprint density at radius 1 is 1.27 bits per heavy atom. The van der Waals surface area contributed by atoms with E-state index in [1.54, 1.807) is 43.5 Å². The highest BCUT2D eigenvalue weighted by Gasteiger charge is 2.54. The van der Waals surface area contributed by atoms with Gasteiger partial charge in [-0.05, 0) is 54.2 Å². The van der Waals surface area contributed by atoms with Crippen molar-refractivity contribution in [2.24, 2.45) is 11.8 Å². The molecule has 2 amide bonds. The molecule has 2 aliphatic rings. The van der Waals surface area contributed by atoms with Crippen molar-refractivity contribution in [2.75, 3.05) is 25.9 Å². The molecule has 0 radical (unpaired) electrons. The molecule has 9 heteroatoms. The smallest absolute Gasteiger partial charge is 0.274 e. The van der Waals surface area contributed by atoms with Crippen LogP contribution in [0.15, 0.2) is 48.5 Å². The number of fused-ring (bicyclic) bond motifs is 1. The number of piperidine rings is 1.